The summed E-state index contributed by atoms with van der Waals surface area (Å²) in [7, 11) is 0. The van der Waals surface area contributed by atoms with E-state index in [0.717, 1.165) is 28.8 Å². The van der Waals surface area contributed by atoms with Crippen LogP contribution in [-0.4, -0.2) is 33.8 Å². The van der Waals surface area contributed by atoms with Crippen LogP contribution in [0.4, 0.5) is 23.8 Å². The molecule has 1 aliphatic rings. The zero-order valence-corrected chi connectivity index (χ0v) is 14.3. The topological polar surface area (TPSA) is 71.5 Å². The molecule has 1 aromatic heterocycles. The average molecular weight is 375 g/mol. The second-order valence-corrected chi connectivity index (χ2v) is 6.75. The fourth-order valence-electron chi connectivity index (χ4n) is 1.84. The molecular formula is C15H16F3N3O3S. The van der Waals surface area contributed by atoms with Crippen LogP contribution in [0, 0.1) is 0 Å². The number of hydrogen-bond donors (Lipinski definition) is 1. The number of alkyl halides is 3. The SMILES string of the molecule is C=CC(C)(C)NC(=O)OC1SCN(c2cccc(C(F)(F)F)n2)C1=O. The molecule has 1 aromatic rings. The van der Waals surface area contributed by atoms with Crippen LogP contribution in [0.5, 0.6) is 0 Å². The molecule has 25 heavy (non-hydrogen) atoms. The number of hydrogen-bond acceptors (Lipinski definition) is 5. The monoisotopic (exact) mass is 375 g/mol. The first-order valence-electron chi connectivity index (χ1n) is 7.13. The number of aromatic nitrogens is 1. The standard InChI is InChI=1S/C15H16F3N3O3S/c1-4-14(2,3)20-13(23)24-12-11(22)21(8-25-12)10-7-5-6-9(19-10)15(16,17)18/h4-7,12H,1,8H2,2-3H3,(H,20,23). The van der Waals surface area contributed by atoms with E-state index in [-0.39, 0.29) is 11.7 Å². The molecular weight excluding hydrogens is 359 g/mol. The van der Waals surface area contributed by atoms with Crippen LogP contribution < -0.4 is 10.2 Å². The molecule has 2 amide bonds. The highest BCUT2D eigenvalue weighted by atomic mass is 32.2. The van der Waals surface area contributed by atoms with Gasteiger partial charge in [-0.1, -0.05) is 23.9 Å². The van der Waals surface area contributed by atoms with Gasteiger partial charge in [-0.3, -0.25) is 9.69 Å². The number of amides is 2. The summed E-state index contributed by atoms with van der Waals surface area (Å²) in [5, 5.41) is 2.51. The van der Waals surface area contributed by atoms with Crippen molar-refractivity contribution in [1.29, 1.82) is 0 Å². The van der Waals surface area contributed by atoms with Gasteiger partial charge < -0.3 is 10.1 Å². The Balaban J connectivity index is 2.07. The van der Waals surface area contributed by atoms with Crippen molar-refractivity contribution in [3.05, 3.63) is 36.5 Å². The molecule has 0 spiro atoms. The van der Waals surface area contributed by atoms with Crippen molar-refractivity contribution < 1.29 is 27.5 Å². The van der Waals surface area contributed by atoms with E-state index < -0.39 is 34.8 Å². The number of halogens is 3. The molecule has 1 fully saturated rings. The van der Waals surface area contributed by atoms with Gasteiger partial charge in [0.1, 0.15) is 11.5 Å². The highest BCUT2D eigenvalue weighted by molar-refractivity contribution is 8.01. The number of nitrogens with one attached hydrogen (secondary N) is 1. The third-order valence-corrected chi connectivity index (χ3v) is 4.28. The lowest BCUT2D eigenvalue weighted by atomic mass is 10.1. The first-order valence-corrected chi connectivity index (χ1v) is 8.18. The van der Waals surface area contributed by atoms with Crippen molar-refractivity contribution in [3.8, 4) is 0 Å². The molecule has 1 N–H and O–H groups in total. The van der Waals surface area contributed by atoms with Gasteiger partial charge in [-0.05, 0) is 26.0 Å². The Bertz CT molecular complexity index is 694. The number of alkyl carbamates (subject to hydrolysis) is 1. The molecule has 2 heterocycles. The van der Waals surface area contributed by atoms with E-state index in [4.69, 9.17) is 4.74 Å². The minimum absolute atomic E-state index is 0.0238. The van der Waals surface area contributed by atoms with Crippen LogP contribution in [0.3, 0.4) is 0 Å². The highest BCUT2D eigenvalue weighted by Crippen LogP contribution is 2.32. The summed E-state index contributed by atoms with van der Waals surface area (Å²) in [4.78, 5) is 28.6. The number of anilines is 1. The molecule has 2 rings (SSSR count). The predicted molar refractivity (Wildman–Crippen MR) is 86.9 cm³/mol. The Morgan fingerprint density at radius 2 is 2.16 bits per heavy atom. The molecule has 0 saturated carbocycles. The number of ether oxygens (including phenoxy) is 1. The lowest BCUT2D eigenvalue weighted by Gasteiger charge is -2.22. The van der Waals surface area contributed by atoms with Crippen LogP contribution in [0.1, 0.15) is 19.5 Å². The van der Waals surface area contributed by atoms with Gasteiger partial charge in [0.25, 0.3) is 5.91 Å². The van der Waals surface area contributed by atoms with E-state index in [1.165, 1.54) is 12.1 Å². The number of thioether (sulfide) groups is 1. The van der Waals surface area contributed by atoms with Gasteiger partial charge in [0.05, 0.1) is 11.4 Å². The molecule has 0 aliphatic carbocycles. The van der Waals surface area contributed by atoms with Crippen LogP contribution in [0.2, 0.25) is 0 Å². The van der Waals surface area contributed by atoms with Crippen molar-refractivity contribution in [2.24, 2.45) is 0 Å². The van der Waals surface area contributed by atoms with Crippen LogP contribution >= 0.6 is 11.8 Å². The van der Waals surface area contributed by atoms with Gasteiger partial charge in [0.2, 0.25) is 5.44 Å². The van der Waals surface area contributed by atoms with Gasteiger partial charge >= 0.3 is 12.3 Å². The van der Waals surface area contributed by atoms with E-state index in [9.17, 15) is 22.8 Å². The van der Waals surface area contributed by atoms with Crippen molar-refractivity contribution >= 4 is 29.6 Å². The predicted octanol–water partition coefficient (Wildman–Crippen LogP) is 3.15. The van der Waals surface area contributed by atoms with E-state index in [2.05, 4.69) is 16.9 Å². The molecule has 0 radical (unpaired) electrons. The summed E-state index contributed by atoms with van der Waals surface area (Å²) < 4.78 is 43.2. The minimum atomic E-state index is -4.61. The molecule has 0 aromatic carbocycles. The number of carbonyl (C=O) groups is 2. The molecule has 1 saturated heterocycles. The summed E-state index contributed by atoms with van der Waals surface area (Å²) in [6.07, 6.45) is -3.94. The zero-order chi connectivity index (χ0) is 18.8. The summed E-state index contributed by atoms with van der Waals surface area (Å²) in [6.45, 7) is 6.93. The second-order valence-electron chi connectivity index (χ2n) is 5.73. The summed E-state index contributed by atoms with van der Waals surface area (Å²) in [5.74, 6) is -0.774. The fourth-order valence-corrected chi connectivity index (χ4v) is 2.81. The maximum atomic E-state index is 12.7. The van der Waals surface area contributed by atoms with E-state index in [1.54, 1.807) is 13.8 Å². The van der Waals surface area contributed by atoms with Gasteiger partial charge in [-0.25, -0.2) is 9.78 Å². The Labute approximate surface area is 146 Å². The van der Waals surface area contributed by atoms with Crippen molar-refractivity contribution in [2.45, 2.75) is 31.0 Å². The largest absolute Gasteiger partial charge is 0.433 e. The molecule has 1 unspecified atom stereocenters. The van der Waals surface area contributed by atoms with Gasteiger partial charge in [0, 0.05) is 0 Å². The van der Waals surface area contributed by atoms with Crippen LogP contribution in [0.15, 0.2) is 30.9 Å². The molecule has 1 aliphatic heterocycles. The first-order chi connectivity index (χ1) is 11.5. The summed E-state index contributed by atoms with van der Waals surface area (Å²) in [5.41, 5.74) is -2.99. The summed E-state index contributed by atoms with van der Waals surface area (Å²) in [6, 6.07) is 3.27. The summed E-state index contributed by atoms with van der Waals surface area (Å²) >= 11 is 0.975. The maximum absolute atomic E-state index is 12.7. The van der Waals surface area contributed by atoms with Crippen LogP contribution in [-0.2, 0) is 15.7 Å². The fraction of sp³-hybridized carbons (Fsp3) is 0.400. The van der Waals surface area contributed by atoms with Gasteiger partial charge in [-0.2, -0.15) is 13.2 Å². The van der Waals surface area contributed by atoms with Crippen LogP contribution in [0.25, 0.3) is 0 Å². The lowest BCUT2D eigenvalue weighted by Crippen LogP contribution is -2.44. The number of carbonyl (C=O) groups excluding carboxylic acids is 2. The van der Waals surface area contributed by atoms with Crippen molar-refractivity contribution in [2.75, 3.05) is 10.8 Å². The molecule has 6 nitrogen and oxygen atoms in total. The van der Waals surface area contributed by atoms with E-state index in [0.29, 0.717) is 0 Å². The third kappa shape index (κ3) is 4.65. The maximum Gasteiger partial charge on any atom is 0.433 e. The normalized spacial score (nSPS) is 18.2. The minimum Gasteiger partial charge on any atom is -0.425 e. The molecule has 136 valence electrons. The second kappa shape index (κ2) is 6.95. The number of nitrogens with zero attached hydrogens (tertiary/aromatic N) is 2. The zero-order valence-electron chi connectivity index (χ0n) is 13.5. The number of rotatable bonds is 4. The first kappa shape index (κ1) is 19.1. The van der Waals surface area contributed by atoms with E-state index >= 15 is 0 Å². The van der Waals surface area contributed by atoms with Gasteiger partial charge in [0.15, 0.2) is 0 Å². The van der Waals surface area contributed by atoms with Gasteiger partial charge in [-0.15, -0.1) is 6.58 Å². The average Bonchev–Trinajstić information content (AvgIpc) is 2.87. The molecule has 10 heteroatoms. The third-order valence-electron chi connectivity index (χ3n) is 3.27. The Morgan fingerprint density at radius 1 is 1.48 bits per heavy atom. The molecule has 1 atom stereocenters. The Morgan fingerprint density at radius 3 is 2.76 bits per heavy atom. The smallest absolute Gasteiger partial charge is 0.425 e. The quantitative estimate of drug-likeness (QED) is 0.819. The number of pyridine rings is 1. The van der Waals surface area contributed by atoms with E-state index in [1.807, 2.05) is 0 Å². The Hall–Kier alpha value is -2.23. The van der Waals surface area contributed by atoms with Crippen molar-refractivity contribution in [1.82, 2.24) is 10.3 Å². The Kier molecular flexibility index (Phi) is 5.31. The lowest BCUT2D eigenvalue weighted by molar-refractivity contribution is -0.141. The molecule has 0 bridgehead atoms. The van der Waals surface area contributed by atoms with Crippen molar-refractivity contribution in [3.63, 3.8) is 0 Å². The highest BCUT2D eigenvalue weighted by Gasteiger charge is 2.39.